The summed E-state index contributed by atoms with van der Waals surface area (Å²) in [4.78, 5) is 13.2. The van der Waals surface area contributed by atoms with Gasteiger partial charge in [-0.3, -0.25) is 0 Å². The Balaban J connectivity index is 4.13. The predicted molar refractivity (Wildman–Crippen MR) is 38.6 cm³/mol. The van der Waals surface area contributed by atoms with Crippen LogP contribution in [-0.4, -0.2) is 25.3 Å². The number of nitrogens with zero attached hydrogens (tertiary/aromatic N) is 2. The third-order valence-corrected chi connectivity index (χ3v) is 1.33. The maximum absolute atomic E-state index is 9.86. The van der Waals surface area contributed by atoms with Gasteiger partial charge < -0.3 is 4.74 Å². The second-order valence-corrected chi connectivity index (χ2v) is 2.33. The maximum Gasteiger partial charge on any atom is 0.236 e. The minimum absolute atomic E-state index is 0.412. The van der Waals surface area contributed by atoms with Crippen LogP contribution in [0.4, 0.5) is 0 Å². The molecule has 0 spiro atoms. The lowest BCUT2D eigenvalue weighted by molar-refractivity contribution is 0.182. The van der Waals surface area contributed by atoms with Gasteiger partial charge in [0, 0.05) is 20.1 Å². The topological polar surface area (TPSA) is 62.4 Å². The lowest BCUT2D eigenvalue weighted by Crippen LogP contribution is -2.21. The molecule has 11 heavy (non-hydrogen) atoms. The zero-order valence-electron chi connectivity index (χ0n) is 6.63. The van der Waals surface area contributed by atoms with Gasteiger partial charge in [-0.05, 0) is 6.92 Å². The molecule has 0 aliphatic heterocycles. The second kappa shape index (κ2) is 4.62. The van der Waals surface area contributed by atoms with Crippen molar-refractivity contribution in [1.82, 2.24) is 0 Å². The van der Waals surface area contributed by atoms with Crippen molar-refractivity contribution in [2.45, 2.75) is 18.9 Å². The molecular formula is C7H10N2O2. The number of ether oxygens (including phenoxy) is 1. The minimum Gasteiger partial charge on any atom is -0.385 e. The molecule has 0 aliphatic carbocycles. The van der Waals surface area contributed by atoms with Crippen LogP contribution in [0.2, 0.25) is 0 Å². The number of aliphatic imine (C=N–C) groups is 1. The van der Waals surface area contributed by atoms with E-state index in [2.05, 4.69) is 4.99 Å². The molecule has 0 heterocycles. The fourth-order valence-corrected chi connectivity index (χ4v) is 0.538. The van der Waals surface area contributed by atoms with Gasteiger partial charge in [-0.1, -0.05) is 0 Å². The molecule has 0 rings (SSSR count). The highest BCUT2D eigenvalue weighted by atomic mass is 16.5. The Labute approximate surface area is 65.5 Å². The minimum atomic E-state index is -0.974. The van der Waals surface area contributed by atoms with Crippen LogP contribution in [0.3, 0.4) is 0 Å². The summed E-state index contributed by atoms with van der Waals surface area (Å²) < 4.78 is 4.74. The van der Waals surface area contributed by atoms with Crippen LogP contribution in [0.5, 0.6) is 0 Å². The molecule has 4 nitrogen and oxygen atoms in total. The fourth-order valence-electron chi connectivity index (χ4n) is 0.538. The first-order valence-electron chi connectivity index (χ1n) is 3.18. The Kier molecular flexibility index (Phi) is 4.12. The first-order valence-corrected chi connectivity index (χ1v) is 3.18. The zero-order chi connectivity index (χ0) is 8.74. The van der Waals surface area contributed by atoms with E-state index < -0.39 is 5.54 Å². The van der Waals surface area contributed by atoms with Crippen molar-refractivity contribution < 1.29 is 9.53 Å². The predicted octanol–water partition coefficient (Wildman–Crippen LogP) is 0.641. The number of methoxy groups -OCH3 is 1. The number of hydrogen-bond acceptors (Lipinski definition) is 4. The summed E-state index contributed by atoms with van der Waals surface area (Å²) in [5.41, 5.74) is -0.974. The molecule has 60 valence electrons. The van der Waals surface area contributed by atoms with Gasteiger partial charge in [0.2, 0.25) is 6.08 Å². The van der Waals surface area contributed by atoms with Gasteiger partial charge in [0.1, 0.15) is 0 Å². The number of isocyanates is 1. The number of carbonyl (C=O) groups excluding carboxylic acids is 1. The van der Waals surface area contributed by atoms with Gasteiger partial charge in [-0.15, -0.1) is 0 Å². The van der Waals surface area contributed by atoms with Crippen LogP contribution < -0.4 is 0 Å². The molecule has 0 fully saturated rings. The molecule has 0 N–H and O–H groups in total. The van der Waals surface area contributed by atoms with Crippen molar-refractivity contribution in [3.05, 3.63) is 0 Å². The first kappa shape index (κ1) is 9.83. The standard InChI is InChI=1S/C7H10N2O2/c1-7(5-8,9-6-10)3-4-11-2/h3-4H2,1-2H3. The molecule has 0 radical (unpaired) electrons. The molecule has 0 aromatic rings. The van der Waals surface area contributed by atoms with Crippen molar-refractivity contribution in [2.24, 2.45) is 4.99 Å². The van der Waals surface area contributed by atoms with Gasteiger partial charge in [0.05, 0.1) is 6.07 Å². The summed E-state index contributed by atoms with van der Waals surface area (Å²) in [5.74, 6) is 0. The van der Waals surface area contributed by atoms with Crippen LogP contribution in [0.25, 0.3) is 0 Å². The highest BCUT2D eigenvalue weighted by Gasteiger charge is 2.21. The van der Waals surface area contributed by atoms with Gasteiger partial charge in [-0.2, -0.15) is 10.3 Å². The average Bonchev–Trinajstić information content (AvgIpc) is 2.02. The van der Waals surface area contributed by atoms with E-state index in [-0.39, 0.29) is 0 Å². The second-order valence-electron chi connectivity index (χ2n) is 2.33. The van der Waals surface area contributed by atoms with E-state index in [0.717, 1.165) is 0 Å². The van der Waals surface area contributed by atoms with E-state index in [1.807, 2.05) is 6.07 Å². The Bertz CT molecular complexity index is 203. The van der Waals surface area contributed by atoms with E-state index in [0.29, 0.717) is 13.0 Å². The van der Waals surface area contributed by atoms with Crippen LogP contribution in [0.1, 0.15) is 13.3 Å². The third kappa shape index (κ3) is 3.51. The van der Waals surface area contributed by atoms with Gasteiger partial charge in [0.25, 0.3) is 0 Å². The van der Waals surface area contributed by atoms with E-state index in [1.165, 1.54) is 13.2 Å². The van der Waals surface area contributed by atoms with Gasteiger partial charge >= 0.3 is 0 Å². The average molecular weight is 154 g/mol. The number of nitriles is 1. The summed E-state index contributed by atoms with van der Waals surface area (Å²) in [7, 11) is 1.53. The summed E-state index contributed by atoms with van der Waals surface area (Å²) in [5, 5.41) is 8.56. The molecule has 0 aliphatic rings. The molecule has 0 saturated carbocycles. The summed E-state index contributed by atoms with van der Waals surface area (Å²) in [6, 6.07) is 1.90. The lowest BCUT2D eigenvalue weighted by atomic mass is 10.0. The Morgan fingerprint density at radius 2 is 2.36 bits per heavy atom. The Hall–Kier alpha value is -1.17. The molecule has 0 bridgehead atoms. The summed E-state index contributed by atoms with van der Waals surface area (Å²) >= 11 is 0. The quantitative estimate of drug-likeness (QED) is 0.441. The molecule has 0 saturated heterocycles. The first-order chi connectivity index (χ1) is 5.18. The SMILES string of the molecule is COCCC(C)(C#N)N=C=O. The van der Waals surface area contributed by atoms with Crippen LogP contribution in [-0.2, 0) is 9.53 Å². The van der Waals surface area contributed by atoms with E-state index >= 15 is 0 Å². The maximum atomic E-state index is 9.86. The van der Waals surface area contributed by atoms with Crippen LogP contribution >= 0.6 is 0 Å². The van der Waals surface area contributed by atoms with Crippen molar-refractivity contribution in [3.8, 4) is 6.07 Å². The molecule has 0 aromatic carbocycles. The monoisotopic (exact) mass is 154 g/mol. The molecule has 4 heteroatoms. The van der Waals surface area contributed by atoms with E-state index in [1.54, 1.807) is 6.92 Å². The highest BCUT2D eigenvalue weighted by Crippen LogP contribution is 2.12. The van der Waals surface area contributed by atoms with Crippen molar-refractivity contribution in [2.75, 3.05) is 13.7 Å². The lowest BCUT2D eigenvalue weighted by Gasteiger charge is -2.11. The normalized spacial score (nSPS) is 14.3. The third-order valence-electron chi connectivity index (χ3n) is 1.33. The van der Waals surface area contributed by atoms with Crippen molar-refractivity contribution >= 4 is 6.08 Å². The van der Waals surface area contributed by atoms with Crippen LogP contribution in [0, 0.1) is 11.3 Å². The number of rotatable bonds is 4. The molecule has 0 amide bonds. The smallest absolute Gasteiger partial charge is 0.236 e. The molecule has 1 unspecified atom stereocenters. The Morgan fingerprint density at radius 3 is 2.73 bits per heavy atom. The number of hydrogen-bond donors (Lipinski definition) is 0. The summed E-state index contributed by atoms with van der Waals surface area (Å²) in [6.45, 7) is 1.98. The molecule has 1 atom stereocenters. The van der Waals surface area contributed by atoms with Crippen molar-refractivity contribution in [1.29, 1.82) is 5.26 Å². The molecular weight excluding hydrogens is 144 g/mol. The van der Waals surface area contributed by atoms with Gasteiger partial charge in [0.15, 0.2) is 5.54 Å². The van der Waals surface area contributed by atoms with E-state index in [9.17, 15) is 4.79 Å². The van der Waals surface area contributed by atoms with Crippen LogP contribution in [0.15, 0.2) is 4.99 Å². The van der Waals surface area contributed by atoms with Crippen molar-refractivity contribution in [3.63, 3.8) is 0 Å². The largest absolute Gasteiger partial charge is 0.385 e. The van der Waals surface area contributed by atoms with E-state index in [4.69, 9.17) is 10.00 Å². The highest BCUT2D eigenvalue weighted by molar-refractivity contribution is 5.36. The van der Waals surface area contributed by atoms with Gasteiger partial charge in [-0.25, -0.2) is 4.79 Å². The molecule has 0 aromatic heterocycles. The zero-order valence-corrected chi connectivity index (χ0v) is 6.63. The Morgan fingerprint density at radius 1 is 1.73 bits per heavy atom. The fraction of sp³-hybridized carbons (Fsp3) is 0.714. The summed E-state index contributed by atoms with van der Waals surface area (Å²) in [6.07, 6.45) is 1.78.